The number of likely N-dealkylation sites (N-methyl/N-ethyl adjacent to an activating group) is 1. The van der Waals surface area contributed by atoms with E-state index < -0.39 is 16.1 Å². The third-order valence-electron chi connectivity index (χ3n) is 3.65. The number of amidine groups is 1. The van der Waals surface area contributed by atoms with E-state index in [9.17, 15) is 13.5 Å². The molecule has 2 rings (SSSR count). The summed E-state index contributed by atoms with van der Waals surface area (Å²) in [6.07, 6.45) is -0.579. The van der Waals surface area contributed by atoms with Gasteiger partial charge in [0.15, 0.2) is 0 Å². The molecule has 3 N–H and O–H groups in total. The maximum absolute atomic E-state index is 11.9. The second-order valence-corrected chi connectivity index (χ2v) is 6.76. The summed E-state index contributed by atoms with van der Waals surface area (Å²) in [6, 6.07) is 6.72. The molecule has 7 heteroatoms. The zero-order chi connectivity index (χ0) is 15.5. The van der Waals surface area contributed by atoms with E-state index in [2.05, 4.69) is 23.6 Å². The van der Waals surface area contributed by atoms with Crippen LogP contribution in [0.5, 0.6) is 0 Å². The van der Waals surface area contributed by atoms with Crippen molar-refractivity contribution >= 4 is 15.9 Å². The Morgan fingerprint density at radius 1 is 1.29 bits per heavy atom. The number of nitrogens with one attached hydrogen (secondary N) is 2. The van der Waals surface area contributed by atoms with Gasteiger partial charge in [-0.3, -0.25) is 9.71 Å². The van der Waals surface area contributed by atoms with E-state index in [4.69, 9.17) is 0 Å². The third-order valence-corrected chi connectivity index (χ3v) is 5.04. The molecular weight excluding hydrogens is 290 g/mol. The van der Waals surface area contributed by atoms with Crippen molar-refractivity contribution in [3.8, 4) is 0 Å². The number of nitrogens with zero attached hydrogens (tertiary/aromatic N) is 1. The third kappa shape index (κ3) is 3.61. The highest BCUT2D eigenvalue weighted by Gasteiger charge is 2.30. The first-order chi connectivity index (χ1) is 9.97. The Bertz CT molecular complexity index is 624. The molecule has 1 aromatic rings. The molecule has 0 spiro atoms. The lowest BCUT2D eigenvalue weighted by Gasteiger charge is -2.18. The van der Waals surface area contributed by atoms with Gasteiger partial charge in [-0.1, -0.05) is 12.1 Å². The van der Waals surface area contributed by atoms with E-state index in [0.717, 1.165) is 13.1 Å². The number of hydrogen-bond acceptors (Lipinski definition) is 4. The zero-order valence-electron chi connectivity index (χ0n) is 12.3. The van der Waals surface area contributed by atoms with Crippen LogP contribution in [0.3, 0.4) is 0 Å². The van der Waals surface area contributed by atoms with Gasteiger partial charge in [-0.05, 0) is 26.0 Å². The van der Waals surface area contributed by atoms with Crippen molar-refractivity contribution in [2.45, 2.75) is 24.8 Å². The fourth-order valence-corrected chi connectivity index (χ4v) is 3.64. The average molecular weight is 312 g/mol. The summed E-state index contributed by atoms with van der Waals surface area (Å²) in [7, 11) is -3.50. The largest absolute Gasteiger partial charge is 0.385 e. The molecule has 0 unspecified atom stereocenters. The van der Waals surface area contributed by atoms with Crippen molar-refractivity contribution in [3.05, 3.63) is 29.8 Å². The summed E-state index contributed by atoms with van der Waals surface area (Å²) < 4.78 is 26.3. The number of aliphatic imine (C=N–C) groups is 1. The van der Waals surface area contributed by atoms with Crippen molar-refractivity contribution in [1.82, 2.24) is 4.72 Å². The van der Waals surface area contributed by atoms with Gasteiger partial charge < -0.3 is 10.0 Å². The number of fused-ring (bicyclic) bond motifs is 1. The van der Waals surface area contributed by atoms with Crippen LogP contribution in [0.2, 0.25) is 0 Å². The molecule has 1 aliphatic heterocycles. The number of sulfonamides is 1. The maximum atomic E-state index is 11.9. The Kier molecular flexibility index (Phi) is 4.97. The number of aliphatic hydroxyl groups is 1. The van der Waals surface area contributed by atoms with Crippen molar-refractivity contribution in [1.29, 1.82) is 0 Å². The van der Waals surface area contributed by atoms with Crippen LogP contribution < -0.4 is 9.62 Å². The summed E-state index contributed by atoms with van der Waals surface area (Å²) >= 11 is 0. The summed E-state index contributed by atoms with van der Waals surface area (Å²) in [5.41, 5.74) is 0.569. The van der Waals surface area contributed by atoms with Gasteiger partial charge in [0, 0.05) is 5.56 Å². The van der Waals surface area contributed by atoms with Crippen LogP contribution in [-0.2, 0) is 10.0 Å². The van der Waals surface area contributed by atoms with E-state index in [1.54, 1.807) is 24.3 Å². The topological polar surface area (TPSA) is 83.2 Å². The number of aliphatic hydroxyl groups excluding tert-OH is 1. The molecular formula is C14H22N3O3S+. The normalized spacial score (nSPS) is 19.5. The Balaban J connectivity index is 2.10. The predicted molar refractivity (Wildman–Crippen MR) is 81.1 cm³/mol. The average Bonchev–Trinajstić information content (AvgIpc) is 2.74. The molecule has 0 aliphatic carbocycles. The molecule has 0 bridgehead atoms. The van der Waals surface area contributed by atoms with Gasteiger partial charge in [-0.25, -0.2) is 8.42 Å². The summed E-state index contributed by atoms with van der Waals surface area (Å²) in [6.45, 7) is 6.82. The molecule has 1 aliphatic rings. The van der Waals surface area contributed by atoms with Gasteiger partial charge in [0.1, 0.15) is 18.5 Å². The second kappa shape index (κ2) is 6.55. The minimum atomic E-state index is -3.50. The van der Waals surface area contributed by atoms with E-state index in [0.29, 0.717) is 17.9 Å². The molecule has 1 heterocycles. The van der Waals surface area contributed by atoms with Gasteiger partial charge in [0.25, 0.3) is 10.0 Å². The first-order valence-electron chi connectivity index (χ1n) is 7.16. The molecule has 0 radical (unpaired) electrons. The van der Waals surface area contributed by atoms with E-state index in [1.807, 2.05) is 0 Å². The van der Waals surface area contributed by atoms with Crippen molar-refractivity contribution in [3.63, 3.8) is 0 Å². The van der Waals surface area contributed by atoms with Crippen LogP contribution in [0.15, 0.2) is 34.2 Å². The predicted octanol–water partition coefficient (Wildman–Crippen LogP) is -0.989. The Hall–Kier alpha value is -1.44. The summed E-state index contributed by atoms with van der Waals surface area (Å²) in [5, 5.41) is 10.0. The first kappa shape index (κ1) is 15.9. The monoisotopic (exact) mass is 312 g/mol. The van der Waals surface area contributed by atoms with Crippen LogP contribution >= 0.6 is 0 Å². The van der Waals surface area contributed by atoms with Crippen LogP contribution in [0.25, 0.3) is 0 Å². The van der Waals surface area contributed by atoms with Crippen LogP contribution in [-0.4, -0.2) is 51.6 Å². The highest BCUT2D eigenvalue weighted by atomic mass is 32.2. The molecule has 21 heavy (non-hydrogen) atoms. The van der Waals surface area contributed by atoms with Gasteiger partial charge in [0.05, 0.1) is 24.5 Å². The van der Waals surface area contributed by atoms with Crippen LogP contribution in [0.1, 0.15) is 19.4 Å². The minimum absolute atomic E-state index is 0.190. The van der Waals surface area contributed by atoms with E-state index in [1.165, 1.54) is 4.90 Å². The first-order valence-corrected chi connectivity index (χ1v) is 8.64. The SMILES string of the molecule is CC[NH+](CC)C[C@@H](O)CN=C1NS(=O)(=O)c2ccccc21. The highest BCUT2D eigenvalue weighted by Crippen LogP contribution is 2.21. The number of hydrogen-bond donors (Lipinski definition) is 3. The number of quaternary nitrogens is 1. The van der Waals surface area contributed by atoms with Crippen LogP contribution in [0.4, 0.5) is 0 Å². The lowest BCUT2D eigenvalue weighted by molar-refractivity contribution is -0.899. The molecule has 0 fully saturated rings. The molecule has 0 saturated carbocycles. The standard InChI is InChI=1S/C14H21N3O3S/c1-3-17(4-2)10-11(18)9-15-14-12-7-5-6-8-13(12)21(19,20)16-14/h5-8,11,18H,3-4,9-10H2,1-2H3,(H,15,16)/p+1/t11-/m0/s1. The smallest absolute Gasteiger partial charge is 0.263 e. The van der Waals surface area contributed by atoms with Crippen molar-refractivity contribution in [2.24, 2.45) is 4.99 Å². The summed E-state index contributed by atoms with van der Waals surface area (Å²) in [4.78, 5) is 5.78. The number of benzene rings is 1. The molecule has 6 nitrogen and oxygen atoms in total. The van der Waals surface area contributed by atoms with Crippen molar-refractivity contribution in [2.75, 3.05) is 26.2 Å². The maximum Gasteiger partial charge on any atom is 0.263 e. The number of rotatable bonds is 6. The van der Waals surface area contributed by atoms with Gasteiger partial charge >= 0.3 is 0 Å². The summed E-state index contributed by atoms with van der Waals surface area (Å²) in [5.74, 6) is 0.319. The van der Waals surface area contributed by atoms with E-state index in [-0.39, 0.29) is 11.4 Å². The minimum Gasteiger partial charge on any atom is -0.385 e. The molecule has 1 aromatic carbocycles. The fraction of sp³-hybridized carbons (Fsp3) is 0.500. The Labute approximate surface area is 125 Å². The molecule has 116 valence electrons. The second-order valence-electron chi connectivity index (χ2n) is 5.11. The Morgan fingerprint density at radius 3 is 2.62 bits per heavy atom. The fourth-order valence-electron chi connectivity index (χ4n) is 2.38. The zero-order valence-corrected chi connectivity index (χ0v) is 13.2. The van der Waals surface area contributed by atoms with Gasteiger partial charge in [-0.15, -0.1) is 0 Å². The lowest BCUT2D eigenvalue weighted by atomic mass is 10.2. The lowest BCUT2D eigenvalue weighted by Crippen LogP contribution is -3.12. The highest BCUT2D eigenvalue weighted by molar-refractivity contribution is 7.90. The molecule has 1 atom stereocenters. The molecule has 0 amide bonds. The molecule has 0 saturated heterocycles. The van der Waals surface area contributed by atoms with E-state index >= 15 is 0 Å². The van der Waals surface area contributed by atoms with Gasteiger partial charge in [-0.2, -0.15) is 0 Å². The Morgan fingerprint density at radius 2 is 1.95 bits per heavy atom. The van der Waals surface area contributed by atoms with Gasteiger partial charge in [0.2, 0.25) is 0 Å². The quantitative estimate of drug-likeness (QED) is 0.631. The van der Waals surface area contributed by atoms with Crippen molar-refractivity contribution < 1.29 is 18.4 Å². The molecule has 0 aromatic heterocycles. The van der Waals surface area contributed by atoms with Crippen LogP contribution in [0, 0.1) is 0 Å².